The molecule has 2 amide bonds. The van der Waals surface area contributed by atoms with E-state index in [2.05, 4.69) is 5.32 Å². The maximum absolute atomic E-state index is 12.0. The highest BCUT2D eigenvalue weighted by Crippen LogP contribution is 2.06. The summed E-state index contributed by atoms with van der Waals surface area (Å²) in [5, 5.41) is 2.83. The lowest BCUT2D eigenvalue weighted by atomic mass is 10.1. The molecule has 0 aromatic heterocycles. The molecule has 4 heteroatoms. The molecule has 0 unspecified atom stereocenters. The number of para-hydroxylation sites is 1. The van der Waals surface area contributed by atoms with Gasteiger partial charge in [0, 0.05) is 32.1 Å². The first-order chi connectivity index (χ1) is 11.1. The predicted molar refractivity (Wildman–Crippen MR) is 92.1 cm³/mol. The van der Waals surface area contributed by atoms with Crippen LogP contribution in [0.3, 0.4) is 0 Å². The third-order valence-corrected chi connectivity index (χ3v) is 3.62. The van der Waals surface area contributed by atoms with Gasteiger partial charge in [0.1, 0.15) is 0 Å². The van der Waals surface area contributed by atoms with Gasteiger partial charge in [-0.15, -0.1) is 0 Å². The van der Waals surface area contributed by atoms with Gasteiger partial charge in [-0.3, -0.25) is 9.59 Å². The molecule has 2 aromatic carbocycles. The van der Waals surface area contributed by atoms with Gasteiger partial charge in [0.05, 0.1) is 0 Å². The Balaban J connectivity index is 1.80. The molecule has 4 nitrogen and oxygen atoms in total. The van der Waals surface area contributed by atoms with Crippen molar-refractivity contribution in [1.82, 2.24) is 4.90 Å². The van der Waals surface area contributed by atoms with Crippen molar-refractivity contribution in [2.24, 2.45) is 0 Å². The lowest BCUT2D eigenvalue weighted by Gasteiger charge is -2.20. The van der Waals surface area contributed by atoms with Crippen molar-refractivity contribution in [3.63, 3.8) is 0 Å². The van der Waals surface area contributed by atoms with E-state index >= 15 is 0 Å². The average molecular weight is 310 g/mol. The monoisotopic (exact) mass is 310 g/mol. The van der Waals surface area contributed by atoms with Crippen LogP contribution in [0.25, 0.3) is 0 Å². The number of nitrogens with one attached hydrogen (secondary N) is 1. The maximum Gasteiger partial charge on any atom is 0.226 e. The molecule has 0 fully saturated rings. The Hall–Kier alpha value is -2.62. The zero-order valence-electron chi connectivity index (χ0n) is 13.4. The highest BCUT2D eigenvalue weighted by atomic mass is 16.2. The SMILES string of the molecule is CC(=O)N(CCC(=O)Nc1ccccc1)CCc1ccccc1. The van der Waals surface area contributed by atoms with Crippen molar-refractivity contribution >= 4 is 17.5 Å². The van der Waals surface area contributed by atoms with E-state index in [9.17, 15) is 9.59 Å². The molecule has 0 radical (unpaired) electrons. The van der Waals surface area contributed by atoms with E-state index in [4.69, 9.17) is 0 Å². The molecule has 0 aliphatic heterocycles. The van der Waals surface area contributed by atoms with E-state index in [1.165, 1.54) is 5.56 Å². The number of anilines is 1. The van der Waals surface area contributed by atoms with Crippen molar-refractivity contribution in [3.05, 3.63) is 66.2 Å². The van der Waals surface area contributed by atoms with Crippen molar-refractivity contribution in [1.29, 1.82) is 0 Å². The molecule has 0 spiro atoms. The van der Waals surface area contributed by atoms with Gasteiger partial charge in [0.15, 0.2) is 0 Å². The Morgan fingerprint density at radius 3 is 2.13 bits per heavy atom. The highest BCUT2D eigenvalue weighted by Gasteiger charge is 2.11. The van der Waals surface area contributed by atoms with Crippen LogP contribution in [0.15, 0.2) is 60.7 Å². The first-order valence-corrected chi connectivity index (χ1v) is 7.79. The summed E-state index contributed by atoms with van der Waals surface area (Å²) in [5.41, 5.74) is 1.96. The number of carbonyl (C=O) groups is 2. The highest BCUT2D eigenvalue weighted by molar-refractivity contribution is 5.91. The number of carbonyl (C=O) groups excluding carboxylic acids is 2. The van der Waals surface area contributed by atoms with Crippen molar-refractivity contribution in [2.45, 2.75) is 19.8 Å². The summed E-state index contributed by atoms with van der Waals surface area (Å²) in [6.07, 6.45) is 1.09. The number of hydrogen-bond donors (Lipinski definition) is 1. The first kappa shape index (κ1) is 16.7. The second-order valence-electron chi connectivity index (χ2n) is 5.41. The van der Waals surface area contributed by atoms with Crippen LogP contribution in [-0.2, 0) is 16.0 Å². The largest absolute Gasteiger partial charge is 0.342 e. The fourth-order valence-corrected chi connectivity index (χ4v) is 2.32. The Morgan fingerprint density at radius 2 is 1.52 bits per heavy atom. The van der Waals surface area contributed by atoms with Gasteiger partial charge in [-0.1, -0.05) is 48.5 Å². The second-order valence-corrected chi connectivity index (χ2v) is 5.41. The van der Waals surface area contributed by atoms with Gasteiger partial charge < -0.3 is 10.2 Å². The second kappa shape index (κ2) is 8.73. The number of nitrogens with zero attached hydrogens (tertiary/aromatic N) is 1. The van der Waals surface area contributed by atoms with E-state index in [0.29, 0.717) is 19.5 Å². The molecule has 0 heterocycles. The molecule has 0 atom stereocenters. The molecule has 120 valence electrons. The Labute approximate surface area is 137 Å². The quantitative estimate of drug-likeness (QED) is 0.854. The molecule has 0 saturated heterocycles. The summed E-state index contributed by atoms with van der Waals surface area (Å²) in [6.45, 7) is 2.60. The van der Waals surface area contributed by atoms with Crippen LogP contribution in [0.2, 0.25) is 0 Å². The molecular formula is C19H22N2O2. The molecule has 0 aliphatic carbocycles. The average Bonchev–Trinajstić information content (AvgIpc) is 2.56. The van der Waals surface area contributed by atoms with Crippen molar-refractivity contribution < 1.29 is 9.59 Å². The van der Waals surface area contributed by atoms with Crippen molar-refractivity contribution in [3.8, 4) is 0 Å². The van der Waals surface area contributed by atoms with Gasteiger partial charge >= 0.3 is 0 Å². The molecule has 2 aromatic rings. The van der Waals surface area contributed by atoms with E-state index in [1.807, 2.05) is 60.7 Å². The summed E-state index contributed by atoms with van der Waals surface area (Å²) >= 11 is 0. The lowest BCUT2D eigenvalue weighted by Crippen LogP contribution is -2.33. The van der Waals surface area contributed by atoms with Crippen LogP contribution in [-0.4, -0.2) is 29.8 Å². The Bertz CT molecular complexity index is 626. The normalized spacial score (nSPS) is 10.1. The minimum absolute atomic E-state index is 0.00607. The third-order valence-electron chi connectivity index (χ3n) is 3.62. The minimum atomic E-state index is -0.0813. The van der Waals surface area contributed by atoms with Gasteiger partial charge in [0.2, 0.25) is 11.8 Å². The van der Waals surface area contributed by atoms with Crippen LogP contribution in [0.1, 0.15) is 18.9 Å². The summed E-state index contributed by atoms with van der Waals surface area (Å²) in [7, 11) is 0. The lowest BCUT2D eigenvalue weighted by molar-refractivity contribution is -0.129. The topological polar surface area (TPSA) is 49.4 Å². The van der Waals surface area contributed by atoms with Crippen LogP contribution >= 0.6 is 0 Å². The van der Waals surface area contributed by atoms with Crippen LogP contribution in [0, 0.1) is 0 Å². The van der Waals surface area contributed by atoms with Crippen molar-refractivity contribution in [2.75, 3.05) is 18.4 Å². The Kier molecular flexibility index (Phi) is 6.36. The maximum atomic E-state index is 12.0. The molecule has 0 saturated carbocycles. The van der Waals surface area contributed by atoms with Crippen LogP contribution < -0.4 is 5.32 Å². The van der Waals surface area contributed by atoms with Gasteiger partial charge in [0.25, 0.3) is 0 Å². The van der Waals surface area contributed by atoms with E-state index in [0.717, 1.165) is 12.1 Å². The van der Waals surface area contributed by atoms with Gasteiger partial charge in [-0.25, -0.2) is 0 Å². The summed E-state index contributed by atoms with van der Waals surface area (Å²) < 4.78 is 0. The molecular weight excluding hydrogens is 288 g/mol. The number of hydrogen-bond acceptors (Lipinski definition) is 2. The minimum Gasteiger partial charge on any atom is -0.342 e. The van der Waals surface area contributed by atoms with E-state index < -0.39 is 0 Å². The molecule has 0 bridgehead atoms. The fourth-order valence-electron chi connectivity index (χ4n) is 2.32. The smallest absolute Gasteiger partial charge is 0.226 e. The number of rotatable bonds is 7. The zero-order chi connectivity index (χ0) is 16.5. The molecule has 2 rings (SSSR count). The molecule has 1 N–H and O–H groups in total. The zero-order valence-corrected chi connectivity index (χ0v) is 13.4. The van der Waals surface area contributed by atoms with Gasteiger partial charge in [-0.2, -0.15) is 0 Å². The summed E-state index contributed by atoms with van der Waals surface area (Å²) in [6, 6.07) is 19.4. The van der Waals surface area contributed by atoms with E-state index in [1.54, 1.807) is 11.8 Å². The van der Waals surface area contributed by atoms with Crippen LogP contribution in [0.4, 0.5) is 5.69 Å². The third kappa shape index (κ3) is 5.94. The first-order valence-electron chi connectivity index (χ1n) is 7.79. The number of benzene rings is 2. The standard InChI is InChI=1S/C19H22N2O2/c1-16(22)21(14-12-17-8-4-2-5-9-17)15-13-19(23)20-18-10-6-3-7-11-18/h2-11H,12-15H2,1H3,(H,20,23). The van der Waals surface area contributed by atoms with E-state index in [-0.39, 0.29) is 11.8 Å². The molecule has 0 aliphatic rings. The van der Waals surface area contributed by atoms with Gasteiger partial charge in [-0.05, 0) is 24.1 Å². The summed E-state index contributed by atoms with van der Waals surface area (Å²) in [5.74, 6) is -0.0874. The Morgan fingerprint density at radius 1 is 0.913 bits per heavy atom. The molecule has 23 heavy (non-hydrogen) atoms. The summed E-state index contributed by atoms with van der Waals surface area (Å²) in [4.78, 5) is 25.4. The number of amides is 2. The van der Waals surface area contributed by atoms with Crippen LogP contribution in [0.5, 0.6) is 0 Å². The predicted octanol–water partition coefficient (Wildman–Crippen LogP) is 3.11. The fraction of sp³-hybridized carbons (Fsp3) is 0.263.